The zero-order chi connectivity index (χ0) is 14.7. The molecule has 0 aliphatic heterocycles. The van der Waals surface area contributed by atoms with Crippen molar-refractivity contribution >= 4 is 10.1 Å². The van der Waals surface area contributed by atoms with Gasteiger partial charge in [-0.2, -0.15) is 8.42 Å². The summed E-state index contributed by atoms with van der Waals surface area (Å²) in [7, 11) is -3.94. The Labute approximate surface area is 118 Å². The molecule has 0 aliphatic carbocycles. The molecule has 0 aromatic carbocycles. The van der Waals surface area contributed by atoms with E-state index in [-0.39, 0.29) is 6.10 Å². The zero-order valence-electron chi connectivity index (χ0n) is 12.3. The van der Waals surface area contributed by atoms with Crippen molar-refractivity contribution < 1.29 is 18.1 Å². The highest BCUT2D eigenvalue weighted by Crippen LogP contribution is 2.18. The van der Waals surface area contributed by atoms with Gasteiger partial charge in [0.15, 0.2) is 0 Å². The largest absolute Gasteiger partial charge is 0.393 e. The minimum atomic E-state index is -3.94. The van der Waals surface area contributed by atoms with Crippen LogP contribution in [-0.4, -0.2) is 29.4 Å². The highest BCUT2D eigenvalue weighted by atomic mass is 32.2. The molecule has 19 heavy (non-hydrogen) atoms. The third-order valence-electron chi connectivity index (χ3n) is 3.51. The van der Waals surface area contributed by atoms with Crippen LogP contribution in [-0.2, 0) is 10.1 Å². The van der Waals surface area contributed by atoms with Crippen LogP contribution >= 0.6 is 0 Å². The third kappa shape index (κ3) is 10.3. The summed E-state index contributed by atoms with van der Waals surface area (Å²) in [6.45, 7) is 4.14. The van der Waals surface area contributed by atoms with E-state index in [9.17, 15) is 18.1 Å². The van der Waals surface area contributed by atoms with E-state index in [0.717, 1.165) is 38.5 Å². The fraction of sp³-hybridized carbons (Fsp3) is 1.00. The quantitative estimate of drug-likeness (QED) is 0.426. The monoisotopic (exact) mass is 294 g/mol. The van der Waals surface area contributed by atoms with E-state index < -0.39 is 15.4 Å². The summed E-state index contributed by atoms with van der Waals surface area (Å²) in [6, 6.07) is 0. The highest BCUT2D eigenvalue weighted by Gasteiger charge is 2.22. The zero-order valence-corrected chi connectivity index (χ0v) is 13.2. The molecule has 0 heterocycles. The molecule has 0 saturated carbocycles. The van der Waals surface area contributed by atoms with Crippen molar-refractivity contribution in [2.75, 3.05) is 0 Å². The molecule has 0 aromatic rings. The van der Waals surface area contributed by atoms with Gasteiger partial charge in [-0.3, -0.25) is 4.55 Å². The van der Waals surface area contributed by atoms with Crippen molar-refractivity contribution in [3.05, 3.63) is 0 Å². The Balaban J connectivity index is 3.99. The molecule has 0 bridgehead atoms. The van der Waals surface area contributed by atoms with Crippen LogP contribution in [0.5, 0.6) is 0 Å². The second-order valence-electron chi connectivity index (χ2n) is 5.36. The van der Waals surface area contributed by atoms with E-state index in [1.165, 1.54) is 0 Å². The number of hydrogen-bond acceptors (Lipinski definition) is 3. The lowest BCUT2D eigenvalue weighted by atomic mass is 10.0. The van der Waals surface area contributed by atoms with Gasteiger partial charge in [0.05, 0.1) is 11.4 Å². The van der Waals surface area contributed by atoms with Gasteiger partial charge in [0.25, 0.3) is 10.1 Å². The topological polar surface area (TPSA) is 74.6 Å². The van der Waals surface area contributed by atoms with Gasteiger partial charge in [-0.15, -0.1) is 0 Å². The first-order chi connectivity index (χ1) is 8.91. The average Bonchev–Trinajstić information content (AvgIpc) is 2.33. The average molecular weight is 294 g/mol. The van der Waals surface area contributed by atoms with E-state index in [0.29, 0.717) is 25.7 Å². The van der Waals surface area contributed by atoms with Crippen LogP contribution < -0.4 is 0 Å². The van der Waals surface area contributed by atoms with Gasteiger partial charge in [0.1, 0.15) is 0 Å². The van der Waals surface area contributed by atoms with Crippen LogP contribution in [0, 0.1) is 0 Å². The Kier molecular flexibility index (Phi) is 10.6. The van der Waals surface area contributed by atoms with Crippen LogP contribution in [0.4, 0.5) is 0 Å². The van der Waals surface area contributed by atoms with Crippen molar-refractivity contribution in [3.63, 3.8) is 0 Å². The van der Waals surface area contributed by atoms with Crippen LogP contribution in [0.1, 0.15) is 78.1 Å². The standard InChI is InChI=1S/C14H30O4S/c1-3-5-7-11-14(19(16,17)18)12-8-10-13(15)9-6-4-2/h13-15H,3-12H2,1-2H3,(H,16,17,18). The smallest absolute Gasteiger partial charge is 0.267 e. The Morgan fingerprint density at radius 3 is 1.89 bits per heavy atom. The molecule has 0 aliphatic rings. The Hall–Kier alpha value is -0.130. The van der Waals surface area contributed by atoms with Crippen molar-refractivity contribution in [2.24, 2.45) is 0 Å². The minimum absolute atomic E-state index is 0.336. The Bertz CT molecular complexity index is 301. The van der Waals surface area contributed by atoms with Gasteiger partial charge in [-0.25, -0.2) is 0 Å². The number of aliphatic hydroxyl groups is 1. The van der Waals surface area contributed by atoms with Crippen LogP contribution in [0.2, 0.25) is 0 Å². The lowest BCUT2D eigenvalue weighted by Crippen LogP contribution is -2.21. The van der Waals surface area contributed by atoms with Crippen LogP contribution in [0.15, 0.2) is 0 Å². The first-order valence-corrected chi connectivity index (χ1v) is 9.06. The summed E-state index contributed by atoms with van der Waals surface area (Å²) in [4.78, 5) is 0. The molecule has 2 N–H and O–H groups in total. The molecule has 116 valence electrons. The van der Waals surface area contributed by atoms with E-state index in [4.69, 9.17) is 0 Å². The summed E-state index contributed by atoms with van der Waals surface area (Å²) in [6.07, 6.45) is 7.62. The molecule has 2 atom stereocenters. The Morgan fingerprint density at radius 1 is 0.842 bits per heavy atom. The van der Waals surface area contributed by atoms with E-state index in [1.807, 2.05) is 0 Å². The Morgan fingerprint density at radius 2 is 1.37 bits per heavy atom. The van der Waals surface area contributed by atoms with Gasteiger partial charge in [-0.05, 0) is 32.1 Å². The lowest BCUT2D eigenvalue weighted by molar-refractivity contribution is 0.148. The number of aliphatic hydroxyl groups excluding tert-OH is 1. The molecular weight excluding hydrogens is 264 g/mol. The molecule has 0 aromatic heterocycles. The van der Waals surface area contributed by atoms with Crippen LogP contribution in [0.25, 0.3) is 0 Å². The summed E-state index contributed by atoms with van der Waals surface area (Å²) in [5.41, 5.74) is 0. The highest BCUT2D eigenvalue weighted by molar-refractivity contribution is 7.86. The first-order valence-electron chi connectivity index (χ1n) is 7.56. The maximum absolute atomic E-state index is 11.3. The van der Waals surface area contributed by atoms with Gasteiger partial charge < -0.3 is 5.11 Å². The first kappa shape index (κ1) is 18.9. The predicted molar refractivity (Wildman–Crippen MR) is 78.9 cm³/mol. The fourth-order valence-corrected chi connectivity index (χ4v) is 3.16. The summed E-state index contributed by atoms with van der Waals surface area (Å²) in [5, 5.41) is 9.04. The van der Waals surface area contributed by atoms with Crippen LogP contribution in [0.3, 0.4) is 0 Å². The molecule has 0 radical (unpaired) electrons. The van der Waals surface area contributed by atoms with Crippen molar-refractivity contribution in [1.82, 2.24) is 0 Å². The third-order valence-corrected chi connectivity index (χ3v) is 4.82. The molecule has 0 fully saturated rings. The number of rotatable bonds is 12. The SMILES string of the molecule is CCCCCC(CCCC(O)CCCC)S(=O)(=O)O. The van der Waals surface area contributed by atoms with Crippen molar-refractivity contribution in [2.45, 2.75) is 89.4 Å². The van der Waals surface area contributed by atoms with Crippen molar-refractivity contribution in [3.8, 4) is 0 Å². The van der Waals surface area contributed by atoms with E-state index in [2.05, 4.69) is 13.8 Å². The van der Waals surface area contributed by atoms with Gasteiger partial charge in [0, 0.05) is 0 Å². The van der Waals surface area contributed by atoms with Gasteiger partial charge >= 0.3 is 0 Å². The van der Waals surface area contributed by atoms with Crippen molar-refractivity contribution in [1.29, 1.82) is 0 Å². The number of hydrogen-bond donors (Lipinski definition) is 2. The molecule has 0 spiro atoms. The molecule has 5 heteroatoms. The molecular formula is C14H30O4S. The second-order valence-corrected chi connectivity index (χ2v) is 7.06. The predicted octanol–water partition coefficient (Wildman–Crippen LogP) is 3.54. The lowest BCUT2D eigenvalue weighted by Gasteiger charge is -2.15. The van der Waals surface area contributed by atoms with Gasteiger partial charge in [-0.1, -0.05) is 46.0 Å². The normalized spacial score (nSPS) is 15.4. The summed E-state index contributed by atoms with van der Waals surface area (Å²) >= 11 is 0. The second kappa shape index (κ2) is 10.6. The molecule has 0 rings (SSSR count). The summed E-state index contributed by atoms with van der Waals surface area (Å²) in [5.74, 6) is 0. The van der Waals surface area contributed by atoms with E-state index in [1.54, 1.807) is 0 Å². The summed E-state index contributed by atoms with van der Waals surface area (Å²) < 4.78 is 31.7. The molecule has 4 nitrogen and oxygen atoms in total. The number of unbranched alkanes of at least 4 members (excludes halogenated alkanes) is 3. The minimum Gasteiger partial charge on any atom is -0.393 e. The molecule has 0 amide bonds. The molecule has 2 unspecified atom stereocenters. The van der Waals surface area contributed by atoms with E-state index >= 15 is 0 Å². The fourth-order valence-electron chi connectivity index (χ4n) is 2.23. The van der Waals surface area contributed by atoms with Gasteiger partial charge in [0.2, 0.25) is 0 Å². The molecule has 0 saturated heterocycles. The maximum atomic E-state index is 11.3. The maximum Gasteiger partial charge on any atom is 0.267 e.